The number of hydrogen-bond donors (Lipinski definition) is 1. The van der Waals surface area contributed by atoms with Crippen molar-refractivity contribution in [1.82, 2.24) is 4.98 Å². The third-order valence-corrected chi connectivity index (χ3v) is 3.39. The van der Waals surface area contributed by atoms with Crippen LogP contribution in [0.15, 0.2) is 42.6 Å². The minimum atomic E-state index is -0.159. The van der Waals surface area contributed by atoms with Gasteiger partial charge in [-0.3, -0.25) is 4.79 Å². The minimum Gasteiger partial charge on any atom is -0.370 e. The number of aromatic nitrogens is 1. The Morgan fingerprint density at radius 2 is 2.05 bits per heavy atom. The highest BCUT2D eigenvalue weighted by atomic mass is 35.5. The van der Waals surface area contributed by atoms with E-state index < -0.39 is 0 Å². The first-order chi connectivity index (χ1) is 10.1. The van der Waals surface area contributed by atoms with Crippen molar-refractivity contribution < 1.29 is 4.79 Å². The fourth-order valence-corrected chi connectivity index (χ4v) is 2.09. The first kappa shape index (κ1) is 15.3. The summed E-state index contributed by atoms with van der Waals surface area (Å²) < 4.78 is 0. The van der Waals surface area contributed by atoms with E-state index in [0.717, 1.165) is 18.7 Å². The molecule has 0 aliphatic heterocycles. The van der Waals surface area contributed by atoms with Crippen LogP contribution in [0, 0.1) is 0 Å². The number of pyridine rings is 1. The van der Waals surface area contributed by atoms with Gasteiger partial charge in [-0.15, -0.1) is 0 Å². The lowest BCUT2D eigenvalue weighted by molar-refractivity contribution is 0.0993. The molecule has 0 atom stereocenters. The minimum absolute atomic E-state index is 0.159. The van der Waals surface area contributed by atoms with Gasteiger partial charge in [-0.1, -0.05) is 36.7 Å². The largest absolute Gasteiger partial charge is 0.370 e. The molecule has 4 nitrogen and oxygen atoms in total. The monoisotopic (exact) mass is 303 g/mol. The van der Waals surface area contributed by atoms with Crippen molar-refractivity contribution in [3.05, 3.63) is 53.2 Å². The van der Waals surface area contributed by atoms with Gasteiger partial charge in [0.2, 0.25) is 0 Å². The SMILES string of the molecule is CCCNc1cc(C(=O)N(C)c2ccccc2)c(Cl)cn1. The molecule has 1 aromatic carbocycles. The van der Waals surface area contributed by atoms with Crippen LogP contribution in [0.1, 0.15) is 23.7 Å². The average molecular weight is 304 g/mol. The molecule has 0 fully saturated rings. The molecule has 0 bridgehead atoms. The molecule has 0 spiro atoms. The molecule has 1 heterocycles. The lowest BCUT2D eigenvalue weighted by Crippen LogP contribution is -2.26. The number of nitrogens with one attached hydrogen (secondary N) is 1. The lowest BCUT2D eigenvalue weighted by Gasteiger charge is -2.18. The molecular formula is C16H18ClN3O. The maximum Gasteiger partial charge on any atom is 0.259 e. The maximum atomic E-state index is 12.6. The van der Waals surface area contributed by atoms with E-state index in [1.807, 2.05) is 30.3 Å². The number of carbonyl (C=O) groups is 1. The van der Waals surface area contributed by atoms with E-state index in [1.165, 1.54) is 6.20 Å². The van der Waals surface area contributed by atoms with Crippen molar-refractivity contribution in [2.45, 2.75) is 13.3 Å². The summed E-state index contributed by atoms with van der Waals surface area (Å²) in [7, 11) is 1.73. The summed E-state index contributed by atoms with van der Waals surface area (Å²) in [6.07, 6.45) is 2.49. The van der Waals surface area contributed by atoms with Gasteiger partial charge in [-0.2, -0.15) is 0 Å². The van der Waals surface area contributed by atoms with Gasteiger partial charge in [0.1, 0.15) is 5.82 Å². The number of halogens is 1. The molecule has 5 heteroatoms. The van der Waals surface area contributed by atoms with E-state index in [-0.39, 0.29) is 5.91 Å². The summed E-state index contributed by atoms with van der Waals surface area (Å²) in [5.74, 6) is 0.499. The van der Waals surface area contributed by atoms with Gasteiger partial charge < -0.3 is 10.2 Å². The van der Waals surface area contributed by atoms with Crippen LogP contribution in [0.25, 0.3) is 0 Å². The van der Waals surface area contributed by atoms with Crippen molar-refractivity contribution in [1.29, 1.82) is 0 Å². The van der Waals surface area contributed by atoms with Crippen LogP contribution >= 0.6 is 11.6 Å². The Labute approximate surface area is 129 Å². The molecule has 2 aromatic rings. The molecule has 0 aliphatic rings. The third-order valence-electron chi connectivity index (χ3n) is 3.09. The first-order valence-corrected chi connectivity index (χ1v) is 7.23. The quantitative estimate of drug-likeness (QED) is 0.913. The van der Waals surface area contributed by atoms with E-state index in [4.69, 9.17) is 11.6 Å². The predicted molar refractivity (Wildman–Crippen MR) is 87.2 cm³/mol. The number of carbonyl (C=O) groups excluding carboxylic acids is 1. The number of amides is 1. The Morgan fingerprint density at radius 3 is 2.71 bits per heavy atom. The Morgan fingerprint density at radius 1 is 1.33 bits per heavy atom. The number of para-hydroxylation sites is 1. The van der Waals surface area contributed by atoms with E-state index in [2.05, 4.69) is 17.2 Å². The Hall–Kier alpha value is -2.07. The number of benzene rings is 1. The Balaban J connectivity index is 2.25. The third kappa shape index (κ3) is 3.73. The molecular weight excluding hydrogens is 286 g/mol. The van der Waals surface area contributed by atoms with E-state index in [0.29, 0.717) is 16.4 Å². The predicted octanol–water partition coefficient (Wildman–Crippen LogP) is 3.83. The Kier molecular flexibility index (Phi) is 5.17. The second-order valence-corrected chi connectivity index (χ2v) is 5.08. The van der Waals surface area contributed by atoms with Crippen molar-refractivity contribution in [3.8, 4) is 0 Å². The lowest BCUT2D eigenvalue weighted by atomic mass is 10.2. The van der Waals surface area contributed by atoms with Gasteiger partial charge >= 0.3 is 0 Å². The zero-order valence-corrected chi connectivity index (χ0v) is 12.9. The molecule has 0 radical (unpaired) electrons. The van der Waals surface area contributed by atoms with Gasteiger partial charge in [-0.05, 0) is 24.6 Å². The second-order valence-electron chi connectivity index (χ2n) is 4.68. The van der Waals surface area contributed by atoms with Crippen LogP contribution in [0.4, 0.5) is 11.5 Å². The highest BCUT2D eigenvalue weighted by Crippen LogP contribution is 2.22. The highest BCUT2D eigenvalue weighted by Gasteiger charge is 2.17. The van der Waals surface area contributed by atoms with Crippen LogP contribution < -0.4 is 10.2 Å². The number of nitrogens with zero attached hydrogens (tertiary/aromatic N) is 2. The Bertz CT molecular complexity index is 616. The molecule has 2 rings (SSSR count). The van der Waals surface area contributed by atoms with Crippen LogP contribution in [0.2, 0.25) is 5.02 Å². The number of rotatable bonds is 5. The summed E-state index contributed by atoms with van der Waals surface area (Å²) in [6.45, 7) is 2.87. The number of hydrogen-bond acceptors (Lipinski definition) is 3. The zero-order chi connectivity index (χ0) is 15.2. The second kappa shape index (κ2) is 7.09. The molecule has 1 amide bonds. The first-order valence-electron chi connectivity index (χ1n) is 6.86. The summed E-state index contributed by atoms with van der Waals surface area (Å²) in [5.41, 5.74) is 1.26. The number of anilines is 2. The average Bonchev–Trinajstić information content (AvgIpc) is 2.53. The van der Waals surface area contributed by atoms with Crippen molar-refractivity contribution >= 4 is 29.0 Å². The fourth-order valence-electron chi connectivity index (χ4n) is 1.90. The van der Waals surface area contributed by atoms with Gasteiger partial charge in [0.15, 0.2) is 0 Å². The topological polar surface area (TPSA) is 45.2 Å². The normalized spacial score (nSPS) is 10.2. The summed E-state index contributed by atoms with van der Waals surface area (Å²) >= 11 is 6.12. The van der Waals surface area contributed by atoms with Crippen molar-refractivity contribution in [3.63, 3.8) is 0 Å². The molecule has 0 saturated heterocycles. The van der Waals surface area contributed by atoms with E-state index >= 15 is 0 Å². The molecule has 110 valence electrons. The van der Waals surface area contributed by atoms with Crippen LogP contribution in [-0.4, -0.2) is 24.5 Å². The summed E-state index contributed by atoms with van der Waals surface area (Å²) in [5, 5.41) is 3.51. The van der Waals surface area contributed by atoms with Crippen LogP contribution in [0.5, 0.6) is 0 Å². The molecule has 1 aromatic heterocycles. The van der Waals surface area contributed by atoms with E-state index in [9.17, 15) is 4.79 Å². The smallest absolute Gasteiger partial charge is 0.259 e. The van der Waals surface area contributed by atoms with E-state index in [1.54, 1.807) is 18.0 Å². The molecule has 21 heavy (non-hydrogen) atoms. The molecule has 0 saturated carbocycles. The summed E-state index contributed by atoms with van der Waals surface area (Å²) in [6, 6.07) is 11.1. The van der Waals surface area contributed by atoms with Gasteiger partial charge in [0.25, 0.3) is 5.91 Å². The maximum absolute atomic E-state index is 12.6. The van der Waals surface area contributed by atoms with Gasteiger partial charge in [0.05, 0.1) is 10.6 Å². The molecule has 0 unspecified atom stereocenters. The standard InChI is InChI=1S/C16H18ClN3O/c1-3-9-18-15-10-13(14(17)11-19-15)16(21)20(2)12-7-5-4-6-8-12/h4-8,10-11H,3,9H2,1-2H3,(H,18,19). The zero-order valence-electron chi connectivity index (χ0n) is 12.1. The fraction of sp³-hybridized carbons (Fsp3) is 0.250. The van der Waals surface area contributed by atoms with Crippen molar-refractivity contribution in [2.24, 2.45) is 0 Å². The highest BCUT2D eigenvalue weighted by molar-refractivity contribution is 6.34. The van der Waals surface area contributed by atoms with Gasteiger partial charge in [-0.25, -0.2) is 4.98 Å². The van der Waals surface area contributed by atoms with Crippen molar-refractivity contribution in [2.75, 3.05) is 23.8 Å². The molecule has 0 aliphatic carbocycles. The summed E-state index contributed by atoms with van der Waals surface area (Å²) in [4.78, 5) is 18.3. The van der Waals surface area contributed by atoms with Crippen LogP contribution in [-0.2, 0) is 0 Å². The van der Waals surface area contributed by atoms with Crippen LogP contribution in [0.3, 0.4) is 0 Å². The van der Waals surface area contributed by atoms with Gasteiger partial charge in [0, 0.05) is 25.5 Å². The molecule has 1 N–H and O–H groups in total.